The fraction of sp³-hybridized carbons (Fsp3) is 0.188. The van der Waals surface area contributed by atoms with Crippen LogP contribution in [0.1, 0.15) is 11.1 Å². The largest absolute Gasteiger partial charge is 0.496 e. The molecular weight excluding hydrogens is 270 g/mol. The van der Waals surface area contributed by atoms with Crippen LogP contribution in [0.3, 0.4) is 0 Å². The maximum Gasteiger partial charge on any atom is 0.228 e. The first-order chi connectivity index (χ1) is 9.58. The zero-order chi connectivity index (χ0) is 14.5. The Labute approximate surface area is 124 Å². The number of benzene rings is 2. The SMILES string of the molecule is COc1ccc(NC(=O)Cc2ccc(S)cc2)cc1C. The molecule has 20 heavy (non-hydrogen) atoms. The summed E-state index contributed by atoms with van der Waals surface area (Å²) in [6, 6.07) is 13.1. The van der Waals surface area contributed by atoms with Crippen LogP contribution in [0.5, 0.6) is 5.75 Å². The Balaban J connectivity index is 2.01. The topological polar surface area (TPSA) is 38.3 Å². The molecule has 0 bridgehead atoms. The summed E-state index contributed by atoms with van der Waals surface area (Å²) in [6.07, 6.45) is 0.346. The smallest absolute Gasteiger partial charge is 0.228 e. The van der Waals surface area contributed by atoms with Crippen molar-refractivity contribution < 1.29 is 9.53 Å². The molecule has 0 radical (unpaired) electrons. The Morgan fingerprint density at radius 1 is 1.20 bits per heavy atom. The molecule has 3 nitrogen and oxygen atoms in total. The average Bonchev–Trinajstić information content (AvgIpc) is 2.41. The second kappa shape index (κ2) is 6.48. The molecule has 0 saturated carbocycles. The molecule has 0 atom stereocenters. The minimum atomic E-state index is -0.0403. The van der Waals surface area contributed by atoms with Gasteiger partial charge in [0.15, 0.2) is 0 Å². The monoisotopic (exact) mass is 287 g/mol. The van der Waals surface area contributed by atoms with E-state index in [9.17, 15) is 4.79 Å². The third-order valence-corrected chi connectivity index (χ3v) is 3.28. The lowest BCUT2D eigenvalue weighted by Crippen LogP contribution is -2.14. The molecule has 4 heteroatoms. The van der Waals surface area contributed by atoms with Gasteiger partial charge in [-0.1, -0.05) is 12.1 Å². The molecule has 2 aromatic carbocycles. The molecule has 1 N–H and O–H groups in total. The molecule has 0 unspecified atom stereocenters. The average molecular weight is 287 g/mol. The summed E-state index contributed by atoms with van der Waals surface area (Å²) in [5, 5.41) is 2.88. The van der Waals surface area contributed by atoms with Crippen LogP contribution in [0, 0.1) is 6.92 Å². The molecule has 0 saturated heterocycles. The number of carbonyl (C=O) groups excluding carboxylic acids is 1. The predicted octanol–water partition coefficient (Wildman–Crippen LogP) is 3.47. The minimum absolute atomic E-state index is 0.0403. The van der Waals surface area contributed by atoms with Crippen molar-refractivity contribution in [3.8, 4) is 5.75 Å². The van der Waals surface area contributed by atoms with Crippen LogP contribution in [0.2, 0.25) is 0 Å². The summed E-state index contributed by atoms with van der Waals surface area (Å²) in [4.78, 5) is 12.9. The van der Waals surface area contributed by atoms with Gasteiger partial charge in [0, 0.05) is 10.6 Å². The van der Waals surface area contributed by atoms with Crippen molar-refractivity contribution in [3.05, 3.63) is 53.6 Å². The highest BCUT2D eigenvalue weighted by atomic mass is 32.1. The lowest BCUT2D eigenvalue weighted by atomic mass is 10.1. The quantitative estimate of drug-likeness (QED) is 0.845. The second-order valence-electron chi connectivity index (χ2n) is 4.58. The van der Waals surface area contributed by atoms with E-state index in [2.05, 4.69) is 17.9 Å². The molecule has 0 aliphatic rings. The fourth-order valence-electron chi connectivity index (χ4n) is 1.96. The molecule has 2 rings (SSSR count). The maximum atomic E-state index is 12.0. The van der Waals surface area contributed by atoms with Crippen LogP contribution in [0.15, 0.2) is 47.4 Å². The Morgan fingerprint density at radius 3 is 2.50 bits per heavy atom. The zero-order valence-electron chi connectivity index (χ0n) is 11.5. The van der Waals surface area contributed by atoms with E-state index in [0.29, 0.717) is 6.42 Å². The Bertz CT molecular complexity index is 608. The first-order valence-corrected chi connectivity index (χ1v) is 6.75. The van der Waals surface area contributed by atoms with Gasteiger partial charge in [-0.3, -0.25) is 4.79 Å². The van der Waals surface area contributed by atoms with E-state index in [4.69, 9.17) is 4.74 Å². The highest BCUT2D eigenvalue weighted by Crippen LogP contribution is 2.21. The summed E-state index contributed by atoms with van der Waals surface area (Å²) >= 11 is 4.22. The number of hydrogen-bond donors (Lipinski definition) is 2. The number of anilines is 1. The van der Waals surface area contributed by atoms with Gasteiger partial charge in [0.05, 0.1) is 13.5 Å². The van der Waals surface area contributed by atoms with Gasteiger partial charge in [-0.2, -0.15) is 0 Å². The van der Waals surface area contributed by atoms with E-state index in [1.54, 1.807) is 7.11 Å². The molecule has 0 aliphatic heterocycles. The van der Waals surface area contributed by atoms with Crippen LogP contribution in [0.25, 0.3) is 0 Å². The van der Waals surface area contributed by atoms with E-state index >= 15 is 0 Å². The van der Waals surface area contributed by atoms with E-state index in [1.807, 2.05) is 49.4 Å². The minimum Gasteiger partial charge on any atom is -0.496 e. The number of methoxy groups -OCH3 is 1. The highest BCUT2D eigenvalue weighted by molar-refractivity contribution is 7.80. The third kappa shape index (κ3) is 3.78. The van der Waals surface area contributed by atoms with Gasteiger partial charge in [0.25, 0.3) is 0 Å². The van der Waals surface area contributed by atoms with E-state index in [1.165, 1.54) is 0 Å². The van der Waals surface area contributed by atoms with Crippen molar-refractivity contribution in [2.24, 2.45) is 0 Å². The van der Waals surface area contributed by atoms with E-state index in [-0.39, 0.29) is 5.91 Å². The van der Waals surface area contributed by atoms with Crippen LogP contribution < -0.4 is 10.1 Å². The first kappa shape index (κ1) is 14.5. The van der Waals surface area contributed by atoms with E-state index in [0.717, 1.165) is 27.5 Å². The molecule has 0 aromatic heterocycles. The molecule has 1 amide bonds. The summed E-state index contributed by atoms with van der Waals surface area (Å²) in [5.41, 5.74) is 2.73. The van der Waals surface area contributed by atoms with Gasteiger partial charge in [0.2, 0.25) is 5.91 Å². The number of hydrogen-bond acceptors (Lipinski definition) is 3. The lowest BCUT2D eigenvalue weighted by molar-refractivity contribution is -0.115. The first-order valence-electron chi connectivity index (χ1n) is 6.31. The number of thiol groups is 1. The number of nitrogens with one attached hydrogen (secondary N) is 1. The van der Waals surface area contributed by atoms with Gasteiger partial charge in [0.1, 0.15) is 5.75 Å². The van der Waals surface area contributed by atoms with Gasteiger partial charge in [-0.15, -0.1) is 12.6 Å². The fourth-order valence-corrected chi connectivity index (χ4v) is 2.11. The summed E-state index contributed by atoms with van der Waals surface area (Å²) in [7, 11) is 1.63. The van der Waals surface area contributed by atoms with Crippen LogP contribution in [-0.2, 0) is 11.2 Å². The molecule has 104 valence electrons. The van der Waals surface area contributed by atoms with Crippen LogP contribution in [-0.4, -0.2) is 13.0 Å². The maximum absolute atomic E-state index is 12.0. The lowest BCUT2D eigenvalue weighted by Gasteiger charge is -2.09. The molecule has 0 spiro atoms. The number of carbonyl (C=O) groups is 1. The Hall–Kier alpha value is -1.94. The number of amides is 1. The van der Waals surface area contributed by atoms with Gasteiger partial charge < -0.3 is 10.1 Å². The number of ether oxygens (including phenoxy) is 1. The summed E-state index contributed by atoms with van der Waals surface area (Å²) < 4.78 is 5.19. The van der Waals surface area contributed by atoms with Crippen molar-refractivity contribution in [1.82, 2.24) is 0 Å². The van der Waals surface area contributed by atoms with Crippen molar-refractivity contribution in [3.63, 3.8) is 0 Å². The predicted molar refractivity (Wildman–Crippen MR) is 83.8 cm³/mol. The highest BCUT2D eigenvalue weighted by Gasteiger charge is 2.06. The number of rotatable bonds is 4. The Kier molecular flexibility index (Phi) is 4.69. The zero-order valence-corrected chi connectivity index (χ0v) is 12.4. The molecular formula is C16H17NO2S. The van der Waals surface area contributed by atoms with Crippen LogP contribution >= 0.6 is 12.6 Å². The second-order valence-corrected chi connectivity index (χ2v) is 5.09. The van der Waals surface area contributed by atoms with Crippen molar-refractivity contribution >= 4 is 24.2 Å². The van der Waals surface area contributed by atoms with Crippen LogP contribution in [0.4, 0.5) is 5.69 Å². The summed E-state index contributed by atoms with van der Waals surface area (Å²) in [6.45, 7) is 1.94. The van der Waals surface area contributed by atoms with Gasteiger partial charge in [-0.25, -0.2) is 0 Å². The Morgan fingerprint density at radius 2 is 1.90 bits per heavy atom. The van der Waals surface area contributed by atoms with Crippen molar-refractivity contribution in [2.45, 2.75) is 18.2 Å². The van der Waals surface area contributed by atoms with Gasteiger partial charge in [-0.05, 0) is 48.4 Å². The standard InChI is InChI=1S/C16H17NO2S/c1-11-9-13(5-8-15(11)19-2)17-16(18)10-12-3-6-14(20)7-4-12/h3-9,20H,10H2,1-2H3,(H,17,18). The van der Waals surface area contributed by atoms with Crippen molar-refractivity contribution in [1.29, 1.82) is 0 Å². The molecule has 0 aliphatic carbocycles. The van der Waals surface area contributed by atoms with E-state index < -0.39 is 0 Å². The van der Waals surface area contributed by atoms with Gasteiger partial charge >= 0.3 is 0 Å². The summed E-state index contributed by atoms with van der Waals surface area (Å²) in [5.74, 6) is 0.772. The molecule has 0 fully saturated rings. The molecule has 2 aromatic rings. The normalized spacial score (nSPS) is 10.2. The molecule has 0 heterocycles. The number of aryl methyl sites for hydroxylation is 1. The third-order valence-electron chi connectivity index (χ3n) is 2.98. The van der Waals surface area contributed by atoms with Crippen molar-refractivity contribution in [2.75, 3.05) is 12.4 Å².